The van der Waals surface area contributed by atoms with Gasteiger partial charge in [-0.15, -0.1) is 0 Å². The van der Waals surface area contributed by atoms with Crippen molar-refractivity contribution in [3.63, 3.8) is 0 Å². The third-order valence-corrected chi connectivity index (χ3v) is 0.823. The summed E-state index contributed by atoms with van der Waals surface area (Å²) in [5, 5.41) is 0. The zero-order valence-electron chi connectivity index (χ0n) is 5.18. The van der Waals surface area contributed by atoms with Crippen molar-refractivity contribution in [1.82, 2.24) is 0 Å². The van der Waals surface area contributed by atoms with Crippen LogP contribution in [0.2, 0.25) is 0 Å². The molecule has 0 saturated carbocycles. The fourth-order valence-electron chi connectivity index (χ4n) is 0.416. The number of hydrogen-bond acceptors (Lipinski definition) is 1. The lowest BCUT2D eigenvalue weighted by Gasteiger charge is -1.79. The van der Waals surface area contributed by atoms with Crippen LogP contribution in [0, 0.1) is 0 Å². The second-order valence-corrected chi connectivity index (χ2v) is 1.61. The van der Waals surface area contributed by atoms with Gasteiger partial charge in [0.25, 0.3) is 0 Å². The highest BCUT2D eigenvalue weighted by atomic mass is 16.1. The van der Waals surface area contributed by atoms with Crippen LogP contribution in [0.25, 0.3) is 0 Å². The summed E-state index contributed by atoms with van der Waals surface area (Å²) < 4.78 is 0. The summed E-state index contributed by atoms with van der Waals surface area (Å²) in [5.74, 6) is 0. The van der Waals surface area contributed by atoms with Crippen molar-refractivity contribution in [3.8, 4) is 0 Å². The van der Waals surface area contributed by atoms with E-state index in [9.17, 15) is 4.79 Å². The summed E-state index contributed by atoms with van der Waals surface area (Å²) in [4.78, 5) is 9.59. The zero-order chi connectivity index (χ0) is 6.24. The largest absolute Gasteiger partial charge is 0.291 e. The number of rotatable bonds is 4. The van der Waals surface area contributed by atoms with Crippen LogP contribution in [-0.4, -0.2) is 6.29 Å². The Bertz CT molecular complexity index is 74.5. The normalized spacial score (nSPS) is 10.1. The van der Waals surface area contributed by atoms with Crippen molar-refractivity contribution < 1.29 is 4.79 Å². The fraction of sp³-hybridized carbons (Fsp3) is 0.571. The minimum atomic E-state index is 0.444. The molecule has 0 aliphatic rings. The Morgan fingerprint density at radius 1 is 1.50 bits per heavy atom. The molecule has 0 N–H and O–H groups in total. The van der Waals surface area contributed by atoms with Gasteiger partial charge in [0.05, 0.1) is 0 Å². The maximum atomic E-state index is 9.59. The smallest absolute Gasteiger partial charge is 0.202 e. The highest BCUT2D eigenvalue weighted by Gasteiger charge is 1.72. The molecule has 1 heteroatoms. The van der Waals surface area contributed by atoms with E-state index in [1.54, 1.807) is 6.29 Å². The van der Waals surface area contributed by atoms with Crippen molar-refractivity contribution in [1.29, 1.82) is 0 Å². The molecule has 45 valence electrons. The van der Waals surface area contributed by atoms with E-state index >= 15 is 0 Å². The van der Waals surface area contributed by atoms with Crippen molar-refractivity contribution in [2.24, 2.45) is 0 Å². The van der Waals surface area contributed by atoms with Gasteiger partial charge in [-0.25, -0.2) is 0 Å². The number of allylic oxidation sites excluding steroid dienone is 2. The van der Waals surface area contributed by atoms with Crippen LogP contribution in [0.4, 0.5) is 0 Å². The molecule has 8 heavy (non-hydrogen) atoms. The average molecular weight is 111 g/mol. The molecule has 0 unspecified atom stereocenters. The van der Waals surface area contributed by atoms with Gasteiger partial charge in [0, 0.05) is 6.42 Å². The first-order valence-electron chi connectivity index (χ1n) is 2.91. The topological polar surface area (TPSA) is 17.1 Å². The highest BCUT2D eigenvalue weighted by molar-refractivity contribution is 5.52. The number of unbranched alkanes of at least 4 members (excludes halogenated alkanes) is 1. The van der Waals surface area contributed by atoms with Crippen molar-refractivity contribution in [2.45, 2.75) is 26.2 Å². The van der Waals surface area contributed by atoms with Gasteiger partial charge >= 0.3 is 0 Å². The van der Waals surface area contributed by atoms with Gasteiger partial charge in [-0.3, -0.25) is 4.79 Å². The van der Waals surface area contributed by atoms with Crippen LogP contribution in [0.5, 0.6) is 0 Å². The van der Waals surface area contributed by atoms with Gasteiger partial charge in [0.1, 0.15) is 0 Å². The maximum Gasteiger partial charge on any atom is 0.202 e. The molecule has 0 spiro atoms. The summed E-state index contributed by atoms with van der Waals surface area (Å²) in [6.07, 6.45) is 8.30. The maximum absolute atomic E-state index is 9.59. The van der Waals surface area contributed by atoms with Crippen LogP contribution in [0.1, 0.15) is 26.2 Å². The third-order valence-electron chi connectivity index (χ3n) is 0.823. The highest BCUT2D eigenvalue weighted by Crippen LogP contribution is 1.88. The molecule has 0 heterocycles. The van der Waals surface area contributed by atoms with E-state index in [2.05, 4.69) is 6.92 Å². The van der Waals surface area contributed by atoms with Crippen molar-refractivity contribution in [3.05, 3.63) is 12.2 Å². The molecule has 0 amide bonds. The second-order valence-electron chi connectivity index (χ2n) is 1.61. The lowest BCUT2D eigenvalue weighted by molar-refractivity contribution is 0.556. The van der Waals surface area contributed by atoms with Gasteiger partial charge in [0.2, 0.25) is 6.29 Å². The second kappa shape index (κ2) is 6.41. The molecule has 0 aromatic heterocycles. The van der Waals surface area contributed by atoms with Crippen molar-refractivity contribution in [2.75, 3.05) is 0 Å². The Morgan fingerprint density at radius 2 is 2.25 bits per heavy atom. The molecule has 0 fully saturated rings. The first-order valence-corrected chi connectivity index (χ1v) is 2.91. The van der Waals surface area contributed by atoms with E-state index in [-0.39, 0.29) is 0 Å². The van der Waals surface area contributed by atoms with Crippen LogP contribution >= 0.6 is 0 Å². The first-order chi connectivity index (χ1) is 3.91. The molecule has 0 aromatic rings. The summed E-state index contributed by atoms with van der Waals surface area (Å²) in [6.45, 7) is 2.11. The predicted octanol–water partition coefficient (Wildman–Crippen LogP) is 1.84. The van der Waals surface area contributed by atoms with E-state index < -0.39 is 0 Å². The monoisotopic (exact) mass is 111 g/mol. The van der Waals surface area contributed by atoms with E-state index in [1.807, 2.05) is 12.2 Å². The Kier molecular flexibility index (Phi) is 5.94. The molecule has 0 saturated heterocycles. The summed E-state index contributed by atoms with van der Waals surface area (Å²) in [5.41, 5.74) is 0. The Hall–Kier alpha value is -0.590. The van der Waals surface area contributed by atoms with Gasteiger partial charge in [-0.2, -0.15) is 0 Å². The summed E-state index contributed by atoms with van der Waals surface area (Å²) in [6, 6.07) is 0. The quantitative estimate of drug-likeness (QED) is 0.506. The average Bonchev–Trinajstić information content (AvgIpc) is 1.81. The molecule has 0 aliphatic heterocycles. The Labute approximate surface area is 50.4 Å². The predicted molar refractivity (Wildman–Crippen MR) is 34.4 cm³/mol. The molecule has 1 nitrogen and oxygen atoms in total. The minimum absolute atomic E-state index is 0.444. The van der Waals surface area contributed by atoms with Gasteiger partial charge in [-0.1, -0.05) is 25.5 Å². The first kappa shape index (κ1) is 7.41. The molecule has 0 aromatic carbocycles. The Balaban J connectivity index is 2.94. The SMILES string of the molecule is CCC/C=C/C[C]=O. The van der Waals surface area contributed by atoms with Gasteiger partial charge < -0.3 is 0 Å². The van der Waals surface area contributed by atoms with E-state index in [1.165, 1.54) is 0 Å². The summed E-state index contributed by atoms with van der Waals surface area (Å²) >= 11 is 0. The molecular formula is C7H11O. The van der Waals surface area contributed by atoms with Crippen LogP contribution < -0.4 is 0 Å². The van der Waals surface area contributed by atoms with Gasteiger partial charge in [-0.05, 0) is 6.42 Å². The number of carbonyl (C=O) groups excluding carboxylic acids is 1. The lowest BCUT2D eigenvalue weighted by atomic mass is 10.3. The van der Waals surface area contributed by atoms with Gasteiger partial charge in [0.15, 0.2) is 0 Å². The summed E-state index contributed by atoms with van der Waals surface area (Å²) in [7, 11) is 0. The molecule has 0 aliphatic carbocycles. The van der Waals surface area contributed by atoms with E-state index in [0.29, 0.717) is 6.42 Å². The van der Waals surface area contributed by atoms with Crippen LogP contribution in [0.3, 0.4) is 0 Å². The fourth-order valence-corrected chi connectivity index (χ4v) is 0.416. The zero-order valence-corrected chi connectivity index (χ0v) is 5.18. The molecule has 0 bridgehead atoms. The van der Waals surface area contributed by atoms with E-state index in [4.69, 9.17) is 0 Å². The minimum Gasteiger partial charge on any atom is -0.291 e. The molecule has 1 radical (unpaired) electrons. The molecule has 0 rings (SSSR count). The van der Waals surface area contributed by atoms with Crippen LogP contribution in [0.15, 0.2) is 12.2 Å². The van der Waals surface area contributed by atoms with E-state index in [0.717, 1.165) is 12.8 Å². The Morgan fingerprint density at radius 3 is 2.75 bits per heavy atom. The standard InChI is InChI=1S/C7H11O/c1-2-3-4-5-6-7-8/h4-5H,2-3,6H2,1H3/b5-4+. The van der Waals surface area contributed by atoms with Crippen molar-refractivity contribution >= 4 is 6.29 Å². The van der Waals surface area contributed by atoms with Crippen LogP contribution in [-0.2, 0) is 4.79 Å². The lowest BCUT2D eigenvalue weighted by Crippen LogP contribution is -1.65. The number of hydrogen-bond donors (Lipinski definition) is 0. The molecule has 0 atom stereocenters. The molecular weight excluding hydrogens is 100 g/mol. The third kappa shape index (κ3) is 5.41.